The van der Waals surface area contributed by atoms with Crippen molar-refractivity contribution in [1.82, 2.24) is 0 Å². The summed E-state index contributed by atoms with van der Waals surface area (Å²) < 4.78 is 16.6. The summed E-state index contributed by atoms with van der Waals surface area (Å²) in [7, 11) is 1.67. The van der Waals surface area contributed by atoms with Crippen LogP contribution in [0.3, 0.4) is 0 Å². The summed E-state index contributed by atoms with van der Waals surface area (Å²) in [5, 5.41) is 9.53. The predicted octanol–water partition coefficient (Wildman–Crippen LogP) is 5.94. The largest absolute Gasteiger partial charge is 0.497 e. The third-order valence-corrected chi connectivity index (χ3v) is 5.25. The molecule has 2 aromatic rings. The maximum atomic E-state index is 11.6. The van der Waals surface area contributed by atoms with Gasteiger partial charge in [0, 0.05) is 18.6 Å². The third kappa shape index (κ3) is 8.75. The fourth-order valence-electron chi connectivity index (χ4n) is 3.37. The number of ether oxygens (including phenoxy) is 3. The lowest BCUT2D eigenvalue weighted by atomic mass is 10.0. The highest BCUT2D eigenvalue weighted by Gasteiger charge is 2.10. The zero-order chi connectivity index (χ0) is 23.2. The first kappa shape index (κ1) is 25.5. The minimum Gasteiger partial charge on any atom is -0.497 e. The Morgan fingerprint density at radius 2 is 1.78 bits per heavy atom. The van der Waals surface area contributed by atoms with Crippen LogP contribution in [0.4, 0.5) is 0 Å². The fraction of sp³-hybridized carbons (Fsp3) is 0.444. The second kappa shape index (κ2) is 14.3. The van der Waals surface area contributed by atoms with Crippen LogP contribution in [-0.4, -0.2) is 38.0 Å². The van der Waals surface area contributed by atoms with E-state index < -0.39 is 5.97 Å². The first-order valence-corrected chi connectivity index (χ1v) is 11.5. The molecule has 32 heavy (non-hydrogen) atoms. The summed E-state index contributed by atoms with van der Waals surface area (Å²) in [6.45, 7) is 5.67. The van der Waals surface area contributed by atoms with Crippen LogP contribution < -0.4 is 9.47 Å². The van der Waals surface area contributed by atoms with Crippen molar-refractivity contribution >= 4 is 12.0 Å². The smallest absolute Gasteiger partial charge is 0.331 e. The molecule has 0 unspecified atom stereocenters. The Hall–Kier alpha value is -2.79. The van der Waals surface area contributed by atoms with E-state index in [1.165, 1.54) is 5.56 Å². The molecule has 0 radical (unpaired) electrons. The molecule has 0 spiro atoms. The minimum absolute atomic E-state index is 0.338. The summed E-state index contributed by atoms with van der Waals surface area (Å²) in [6, 6.07) is 14.2. The van der Waals surface area contributed by atoms with Crippen LogP contribution in [-0.2, 0) is 22.4 Å². The van der Waals surface area contributed by atoms with Crippen LogP contribution in [0.25, 0.3) is 6.08 Å². The third-order valence-electron chi connectivity index (χ3n) is 5.25. The van der Waals surface area contributed by atoms with Gasteiger partial charge in [0.15, 0.2) is 0 Å². The molecule has 1 N–H and O–H groups in total. The minimum atomic E-state index is -0.915. The highest BCUT2D eigenvalue weighted by molar-refractivity contribution is 5.92. The summed E-state index contributed by atoms with van der Waals surface area (Å²) in [5.41, 5.74) is 3.60. The first-order valence-electron chi connectivity index (χ1n) is 11.5. The molecule has 0 saturated carbocycles. The fourth-order valence-corrected chi connectivity index (χ4v) is 3.37. The predicted molar refractivity (Wildman–Crippen MR) is 129 cm³/mol. The van der Waals surface area contributed by atoms with Crippen molar-refractivity contribution in [2.45, 2.75) is 52.4 Å². The molecule has 2 rings (SSSR count). The van der Waals surface area contributed by atoms with Gasteiger partial charge < -0.3 is 19.3 Å². The van der Waals surface area contributed by atoms with E-state index in [2.05, 4.69) is 25.1 Å². The SMILES string of the molecule is CCCCOc1cc(C=C(CCOCC)C(=O)O)ccc1CCCc1ccc(OC)cc1. The van der Waals surface area contributed by atoms with Gasteiger partial charge in [0.2, 0.25) is 0 Å². The summed E-state index contributed by atoms with van der Waals surface area (Å²) in [4.78, 5) is 11.6. The number of hydrogen-bond acceptors (Lipinski definition) is 4. The molecule has 2 aromatic carbocycles. The van der Waals surface area contributed by atoms with Crippen molar-refractivity contribution in [3.8, 4) is 11.5 Å². The van der Waals surface area contributed by atoms with Gasteiger partial charge in [-0.05, 0) is 73.6 Å². The van der Waals surface area contributed by atoms with Gasteiger partial charge in [-0.25, -0.2) is 4.79 Å². The molecule has 0 aliphatic carbocycles. The molecule has 5 heteroatoms. The molecule has 0 aliphatic rings. The maximum absolute atomic E-state index is 11.6. The van der Waals surface area contributed by atoms with Gasteiger partial charge in [0.1, 0.15) is 11.5 Å². The lowest BCUT2D eigenvalue weighted by Crippen LogP contribution is -2.05. The van der Waals surface area contributed by atoms with E-state index in [0.29, 0.717) is 31.8 Å². The van der Waals surface area contributed by atoms with E-state index in [-0.39, 0.29) is 0 Å². The van der Waals surface area contributed by atoms with Crippen molar-refractivity contribution in [2.24, 2.45) is 0 Å². The zero-order valence-electron chi connectivity index (χ0n) is 19.6. The Labute approximate surface area is 192 Å². The average Bonchev–Trinajstić information content (AvgIpc) is 2.80. The van der Waals surface area contributed by atoms with Crippen molar-refractivity contribution in [2.75, 3.05) is 26.9 Å². The number of methoxy groups -OCH3 is 1. The molecule has 174 valence electrons. The van der Waals surface area contributed by atoms with Crippen molar-refractivity contribution in [1.29, 1.82) is 0 Å². The molecular weight excluding hydrogens is 404 g/mol. The Morgan fingerprint density at radius 3 is 2.44 bits per heavy atom. The van der Waals surface area contributed by atoms with Gasteiger partial charge in [-0.1, -0.05) is 37.6 Å². The Balaban J connectivity index is 2.11. The van der Waals surface area contributed by atoms with Crippen molar-refractivity contribution < 1.29 is 24.1 Å². The average molecular weight is 441 g/mol. The number of aliphatic carboxylic acids is 1. The number of carboxylic acid groups (broad SMARTS) is 1. The summed E-state index contributed by atoms with van der Waals surface area (Å²) >= 11 is 0. The molecule has 0 heterocycles. The molecule has 0 amide bonds. The second-order valence-electron chi connectivity index (χ2n) is 7.69. The highest BCUT2D eigenvalue weighted by Crippen LogP contribution is 2.25. The van der Waals surface area contributed by atoms with E-state index in [9.17, 15) is 9.90 Å². The van der Waals surface area contributed by atoms with Crippen LogP contribution in [0, 0.1) is 0 Å². The number of carbonyl (C=O) groups is 1. The second-order valence-corrected chi connectivity index (χ2v) is 7.69. The number of rotatable bonds is 15. The van der Waals surface area contributed by atoms with Crippen LogP contribution in [0.5, 0.6) is 11.5 Å². The van der Waals surface area contributed by atoms with E-state index in [0.717, 1.165) is 54.7 Å². The molecule has 0 aromatic heterocycles. The van der Waals surface area contributed by atoms with Crippen LogP contribution in [0.2, 0.25) is 0 Å². The molecule has 0 atom stereocenters. The van der Waals surface area contributed by atoms with Gasteiger partial charge in [0.05, 0.1) is 20.3 Å². The highest BCUT2D eigenvalue weighted by atomic mass is 16.5. The van der Waals surface area contributed by atoms with E-state index in [1.54, 1.807) is 13.2 Å². The van der Waals surface area contributed by atoms with Gasteiger partial charge >= 0.3 is 5.97 Å². The van der Waals surface area contributed by atoms with Crippen molar-refractivity contribution in [3.63, 3.8) is 0 Å². The lowest BCUT2D eigenvalue weighted by molar-refractivity contribution is -0.132. The van der Waals surface area contributed by atoms with Crippen LogP contribution in [0.1, 0.15) is 56.2 Å². The zero-order valence-corrected chi connectivity index (χ0v) is 19.6. The monoisotopic (exact) mass is 440 g/mol. The molecule has 0 bridgehead atoms. The first-order chi connectivity index (χ1) is 15.6. The summed E-state index contributed by atoms with van der Waals surface area (Å²) in [5.74, 6) is 0.796. The lowest BCUT2D eigenvalue weighted by Gasteiger charge is -2.13. The number of unbranched alkanes of at least 4 members (excludes halogenated alkanes) is 1. The standard InChI is InChI=1S/C27H36O5/c1-4-6-17-32-26-20-22(19-24(27(28)29)16-18-31-5-2)10-13-23(26)9-7-8-21-11-14-25(30-3)15-12-21/h10-15,19-20H,4-9,16-18H2,1-3H3,(H,28,29). The van der Waals surface area contributed by atoms with E-state index in [4.69, 9.17) is 14.2 Å². The number of benzene rings is 2. The topological polar surface area (TPSA) is 65.0 Å². The maximum Gasteiger partial charge on any atom is 0.331 e. The van der Waals surface area contributed by atoms with Crippen LogP contribution >= 0.6 is 0 Å². The van der Waals surface area contributed by atoms with Gasteiger partial charge in [-0.15, -0.1) is 0 Å². The Kier molecular flexibility index (Phi) is 11.4. The van der Waals surface area contributed by atoms with Gasteiger partial charge in [0.25, 0.3) is 0 Å². The van der Waals surface area contributed by atoms with Crippen molar-refractivity contribution in [3.05, 3.63) is 64.7 Å². The molecule has 0 aliphatic heterocycles. The quantitative estimate of drug-likeness (QED) is 0.274. The number of hydrogen-bond donors (Lipinski definition) is 1. The molecule has 5 nitrogen and oxygen atoms in total. The van der Waals surface area contributed by atoms with E-state index in [1.807, 2.05) is 31.2 Å². The van der Waals surface area contributed by atoms with E-state index >= 15 is 0 Å². The Bertz CT molecular complexity index is 855. The molecule has 0 fully saturated rings. The molecular formula is C27H36O5. The van der Waals surface area contributed by atoms with Gasteiger partial charge in [-0.3, -0.25) is 0 Å². The number of carboxylic acids is 1. The van der Waals surface area contributed by atoms with Gasteiger partial charge in [-0.2, -0.15) is 0 Å². The van der Waals surface area contributed by atoms with Crippen LogP contribution in [0.15, 0.2) is 48.0 Å². The molecule has 0 saturated heterocycles. The summed E-state index contributed by atoms with van der Waals surface area (Å²) in [6.07, 6.45) is 7.01. The Morgan fingerprint density at radius 1 is 1.00 bits per heavy atom. The number of aryl methyl sites for hydroxylation is 2. The normalized spacial score (nSPS) is 11.4.